The van der Waals surface area contributed by atoms with Crippen LogP contribution in [0.4, 0.5) is 0 Å². The molecule has 0 aliphatic rings. The van der Waals surface area contributed by atoms with E-state index in [-0.39, 0.29) is 6.42 Å². The normalized spacial score (nSPS) is 10.3. The van der Waals surface area contributed by atoms with Crippen LogP contribution in [0.3, 0.4) is 0 Å². The van der Waals surface area contributed by atoms with Crippen molar-refractivity contribution in [1.29, 1.82) is 0 Å². The van der Waals surface area contributed by atoms with Crippen molar-refractivity contribution < 1.29 is 9.90 Å². The zero-order chi connectivity index (χ0) is 11.4. The van der Waals surface area contributed by atoms with Crippen LogP contribution in [0, 0.1) is 13.8 Å². The molecule has 15 heavy (non-hydrogen) atoms. The zero-order valence-electron chi connectivity index (χ0n) is 9.16. The lowest BCUT2D eigenvalue weighted by Crippen LogP contribution is -2.04. The predicted molar refractivity (Wildman–Crippen MR) is 57.9 cm³/mol. The largest absolute Gasteiger partial charge is 0.481 e. The number of carboxylic acids is 1. The van der Waals surface area contributed by atoms with Gasteiger partial charge in [-0.3, -0.25) is 9.48 Å². The van der Waals surface area contributed by atoms with E-state index in [1.165, 1.54) is 0 Å². The van der Waals surface area contributed by atoms with E-state index in [2.05, 4.69) is 11.7 Å². The summed E-state index contributed by atoms with van der Waals surface area (Å²) in [5, 5.41) is 13.1. The second-order valence-electron chi connectivity index (χ2n) is 3.52. The summed E-state index contributed by atoms with van der Waals surface area (Å²) < 4.78 is 1.84. The third kappa shape index (κ3) is 2.68. The Bertz CT molecular complexity index is 380. The maximum atomic E-state index is 10.6. The van der Waals surface area contributed by atoms with Crippen molar-refractivity contribution in [3.63, 3.8) is 0 Å². The minimum Gasteiger partial charge on any atom is -0.481 e. The van der Waals surface area contributed by atoms with Crippen molar-refractivity contribution in [1.82, 2.24) is 9.78 Å². The van der Waals surface area contributed by atoms with E-state index in [9.17, 15) is 4.79 Å². The molecule has 4 nitrogen and oxygen atoms in total. The Kier molecular flexibility index (Phi) is 3.66. The fourth-order valence-electron chi connectivity index (χ4n) is 1.57. The summed E-state index contributed by atoms with van der Waals surface area (Å²) in [4.78, 5) is 10.6. The maximum absolute atomic E-state index is 10.6. The standard InChI is InChI=1S/C11H16N2O2/c1-4-5-6-13-9(3)10(7-11(14)15)8(2)12-13/h4H,1,5-7H2,2-3H3,(H,14,15). The average Bonchev–Trinajstić information content (AvgIpc) is 2.42. The molecule has 0 unspecified atom stereocenters. The number of rotatable bonds is 5. The number of allylic oxidation sites excluding steroid dienone is 1. The topological polar surface area (TPSA) is 55.1 Å². The number of carboxylic acid groups (broad SMARTS) is 1. The van der Waals surface area contributed by atoms with Crippen molar-refractivity contribution in [2.45, 2.75) is 33.2 Å². The monoisotopic (exact) mass is 208 g/mol. The van der Waals surface area contributed by atoms with Gasteiger partial charge >= 0.3 is 5.97 Å². The fraction of sp³-hybridized carbons (Fsp3) is 0.455. The summed E-state index contributed by atoms with van der Waals surface area (Å²) in [7, 11) is 0. The van der Waals surface area contributed by atoms with Gasteiger partial charge in [-0.05, 0) is 20.3 Å². The summed E-state index contributed by atoms with van der Waals surface area (Å²) in [5.74, 6) is -0.815. The lowest BCUT2D eigenvalue weighted by Gasteiger charge is -2.02. The Hall–Kier alpha value is -1.58. The van der Waals surface area contributed by atoms with Crippen LogP contribution in [-0.4, -0.2) is 20.9 Å². The molecule has 0 aliphatic heterocycles. The summed E-state index contributed by atoms with van der Waals surface area (Å²) in [6.45, 7) is 8.15. The molecular formula is C11H16N2O2. The van der Waals surface area contributed by atoms with E-state index in [0.717, 1.165) is 29.9 Å². The van der Waals surface area contributed by atoms with Crippen LogP contribution in [0.1, 0.15) is 23.4 Å². The van der Waals surface area contributed by atoms with Crippen LogP contribution < -0.4 is 0 Å². The van der Waals surface area contributed by atoms with Crippen LogP contribution in [-0.2, 0) is 17.8 Å². The quantitative estimate of drug-likeness (QED) is 0.749. The highest BCUT2D eigenvalue weighted by Crippen LogP contribution is 2.14. The van der Waals surface area contributed by atoms with E-state index in [1.807, 2.05) is 24.6 Å². The van der Waals surface area contributed by atoms with Gasteiger partial charge in [0.05, 0.1) is 12.1 Å². The average molecular weight is 208 g/mol. The van der Waals surface area contributed by atoms with Crippen LogP contribution >= 0.6 is 0 Å². The summed E-state index contributed by atoms with van der Waals surface area (Å²) in [5.41, 5.74) is 2.57. The first-order valence-electron chi connectivity index (χ1n) is 4.91. The Morgan fingerprint density at radius 1 is 1.60 bits per heavy atom. The van der Waals surface area contributed by atoms with Gasteiger partial charge in [-0.2, -0.15) is 5.10 Å². The van der Waals surface area contributed by atoms with E-state index < -0.39 is 5.97 Å². The number of hydrogen-bond donors (Lipinski definition) is 1. The molecule has 0 aliphatic carbocycles. The third-order valence-electron chi connectivity index (χ3n) is 2.40. The maximum Gasteiger partial charge on any atom is 0.307 e. The molecule has 1 aromatic heterocycles. The molecule has 0 saturated carbocycles. The number of aromatic nitrogens is 2. The number of aliphatic carboxylic acids is 1. The minimum atomic E-state index is -0.815. The highest BCUT2D eigenvalue weighted by atomic mass is 16.4. The van der Waals surface area contributed by atoms with Gasteiger partial charge in [0.15, 0.2) is 0 Å². The van der Waals surface area contributed by atoms with Gasteiger partial charge < -0.3 is 5.11 Å². The van der Waals surface area contributed by atoms with Crippen molar-refractivity contribution in [3.8, 4) is 0 Å². The molecule has 82 valence electrons. The molecule has 0 atom stereocenters. The predicted octanol–water partition coefficient (Wildman–Crippen LogP) is 1.70. The number of hydrogen-bond acceptors (Lipinski definition) is 2. The molecule has 1 heterocycles. The SMILES string of the molecule is C=CCCn1nc(C)c(CC(=O)O)c1C. The van der Waals surface area contributed by atoms with Crippen LogP contribution in [0.25, 0.3) is 0 Å². The lowest BCUT2D eigenvalue weighted by atomic mass is 10.1. The van der Waals surface area contributed by atoms with Gasteiger partial charge in [0.2, 0.25) is 0 Å². The Labute approximate surface area is 89.2 Å². The minimum absolute atomic E-state index is 0.0474. The van der Waals surface area contributed by atoms with Crippen molar-refractivity contribution in [3.05, 3.63) is 29.6 Å². The van der Waals surface area contributed by atoms with Crippen LogP contribution in [0.2, 0.25) is 0 Å². The molecule has 0 fully saturated rings. The number of nitrogens with zero attached hydrogens (tertiary/aromatic N) is 2. The van der Waals surface area contributed by atoms with E-state index >= 15 is 0 Å². The van der Waals surface area contributed by atoms with Gasteiger partial charge in [0.25, 0.3) is 0 Å². The number of aryl methyl sites for hydroxylation is 2. The highest BCUT2D eigenvalue weighted by Gasteiger charge is 2.13. The first-order valence-corrected chi connectivity index (χ1v) is 4.91. The Balaban J connectivity index is 2.92. The van der Waals surface area contributed by atoms with Crippen LogP contribution in [0.15, 0.2) is 12.7 Å². The van der Waals surface area contributed by atoms with E-state index in [0.29, 0.717) is 0 Å². The third-order valence-corrected chi connectivity index (χ3v) is 2.40. The van der Waals surface area contributed by atoms with Gasteiger partial charge in [-0.1, -0.05) is 6.08 Å². The highest BCUT2D eigenvalue weighted by molar-refractivity contribution is 5.70. The fourth-order valence-corrected chi connectivity index (χ4v) is 1.57. The Morgan fingerprint density at radius 3 is 2.80 bits per heavy atom. The molecule has 0 amide bonds. The molecule has 0 saturated heterocycles. The van der Waals surface area contributed by atoms with Gasteiger partial charge in [-0.25, -0.2) is 0 Å². The molecule has 0 bridgehead atoms. The van der Waals surface area contributed by atoms with E-state index in [1.54, 1.807) is 0 Å². The van der Waals surface area contributed by atoms with E-state index in [4.69, 9.17) is 5.11 Å². The second kappa shape index (κ2) is 4.77. The molecule has 0 aromatic carbocycles. The first kappa shape index (κ1) is 11.5. The van der Waals surface area contributed by atoms with Gasteiger partial charge in [-0.15, -0.1) is 6.58 Å². The van der Waals surface area contributed by atoms with Crippen molar-refractivity contribution in [2.75, 3.05) is 0 Å². The second-order valence-corrected chi connectivity index (χ2v) is 3.52. The molecule has 0 radical (unpaired) electrons. The van der Waals surface area contributed by atoms with Gasteiger partial charge in [0.1, 0.15) is 0 Å². The summed E-state index contributed by atoms with van der Waals surface area (Å²) in [6.07, 6.45) is 2.72. The van der Waals surface area contributed by atoms with Crippen LogP contribution in [0.5, 0.6) is 0 Å². The van der Waals surface area contributed by atoms with Crippen molar-refractivity contribution in [2.24, 2.45) is 0 Å². The Morgan fingerprint density at radius 2 is 2.27 bits per heavy atom. The molecular weight excluding hydrogens is 192 g/mol. The smallest absolute Gasteiger partial charge is 0.307 e. The first-order chi connectivity index (χ1) is 7.06. The summed E-state index contributed by atoms with van der Waals surface area (Å²) in [6, 6.07) is 0. The number of carbonyl (C=O) groups is 1. The lowest BCUT2D eigenvalue weighted by molar-refractivity contribution is -0.136. The molecule has 1 N–H and O–H groups in total. The van der Waals surface area contributed by atoms with Crippen molar-refractivity contribution >= 4 is 5.97 Å². The molecule has 4 heteroatoms. The molecule has 1 aromatic rings. The van der Waals surface area contributed by atoms with Gasteiger partial charge in [0, 0.05) is 17.8 Å². The molecule has 1 rings (SSSR count). The zero-order valence-corrected chi connectivity index (χ0v) is 9.16. The summed E-state index contributed by atoms with van der Waals surface area (Å²) >= 11 is 0. The molecule has 0 spiro atoms.